The van der Waals surface area contributed by atoms with Crippen molar-refractivity contribution in [1.29, 1.82) is 0 Å². The molecule has 0 spiro atoms. The minimum Gasteiger partial charge on any atom is -0.449 e. The maximum atomic E-state index is 13.5. The Morgan fingerprint density at radius 2 is 1.52 bits per heavy atom. The molecule has 0 aromatic heterocycles. The number of hydrogen-bond acceptors (Lipinski definition) is 4. The third-order valence-corrected chi connectivity index (χ3v) is 5.96. The van der Waals surface area contributed by atoms with Crippen molar-refractivity contribution in [3.8, 4) is 0 Å². The number of likely N-dealkylation sites (tertiary alicyclic amines) is 1. The Morgan fingerprint density at radius 1 is 1.03 bits per heavy atom. The molecule has 7 heteroatoms. The fraction of sp³-hybridized carbons (Fsp3) is 0.458. The first kappa shape index (κ1) is 23.2. The molecule has 1 amide bonds. The molecule has 2 aromatic rings. The summed E-state index contributed by atoms with van der Waals surface area (Å²) in [4.78, 5) is 15.2. The minimum absolute atomic E-state index is 0.0914. The van der Waals surface area contributed by atoms with Crippen molar-refractivity contribution >= 4 is 6.09 Å². The number of carbonyl (C=O) groups excluding carboxylic acids is 1. The molecular formula is C24H30F2N2O3. The van der Waals surface area contributed by atoms with Crippen LogP contribution in [0.25, 0.3) is 0 Å². The third-order valence-electron chi connectivity index (χ3n) is 5.96. The normalized spacial score (nSPS) is 15.6. The van der Waals surface area contributed by atoms with Crippen LogP contribution in [0.2, 0.25) is 0 Å². The lowest BCUT2D eigenvalue weighted by atomic mass is 9.72. The van der Waals surface area contributed by atoms with Gasteiger partial charge in [0.25, 0.3) is 0 Å². The molecule has 0 aliphatic carbocycles. The molecule has 168 valence electrons. The van der Waals surface area contributed by atoms with Gasteiger partial charge in [-0.15, -0.1) is 0 Å². The highest BCUT2D eigenvalue weighted by Gasteiger charge is 2.41. The van der Waals surface area contributed by atoms with Crippen LogP contribution in [0.15, 0.2) is 48.5 Å². The summed E-state index contributed by atoms with van der Waals surface area (Å²) in [6.45, 7) is 2.75. The summed E-state index contributed by atoms with van der Waals surface area (Å²) >= 11 is 0. The van der Waals surface area contributed by atoms with E-state index in [0.29, 0.717) is 17.7 Å². The van der Waals surface area contributed by atoms with Gasteiger partial charge in [0.15, 0.2) is 0 Å². The second-order valence-electron chi connectivity index (χ2n) is 8.26. The zero-order valence-corrected chi connectivity index (χ0v) is 18.1. The SMILES string of the molecule is CN(C)C(=O)OCCCN1CCC(C(O)(c2ccc(F)cc2)c2ccc(F)cc2)CC1. The third kappa shape index (κ3) is 5.60. The van der Waals surface area contributed by atoms with Crippen molar-refractivity contribution in [3.05, 3.63) is 71.3 Å². The van der Waals surface area contributed by atoms with Crippen molar-refractivity contribution < 1.29 is 23.4 Å². The molecule has 1 saturated heterocycles. The molecule has 2 aromatic carbocycles. The lowest BCUT2D eigenvalue weighted by Gasteiger charge is -2.42. The van der Waals surface area contributed by atoms with E-state index < -0.39 is 5.60 Å². The number of ether oxygens (including phenoxy) is 1. The number of carbonyl (C=O) groups is 1. The molecule has 0 bridgehead atoms. The Kier molecular flexibility index (Phi) is 7.62. The largest absolute Gasteiger partial charge is 0.449 e. The molecule has 1 aliphatic rings. The van der Waals surface area contributed by atoms with Crippen molar-refractivity contribution in [2.45, 2.75) is 24.9 Å². The predicted octanol–water partition coefficient (Wildman–Crippen LogP) is 4.00. The highest BCUT2D eigenvalue weighted by atomic mass is 19.1. The van der Waals surface area contributed by atoms with Gasteiger partial charge in [0.1, 0.15) is 17.2 Å². The van der Waals surface area contributed by atoms with Crippen LogP contribution in [0.5, 0.6) is 0 Å². The van der Waals surface area contributed by atoms with Crippen LogP contribution in [0.4, 0.5) is 13.6 Å². The van der Waals surface area contributed by atoms with Crippen LogP contribution in [-0.4, -0.2) is 61.3 Å². The van der Waals surface area contributed by atoms with E-state index in [1.54, 1.807) is 38.4 Å². The Balaban J connectivity index is 1.66. The first-order valence-corrected chi connectivity index (χ1v) is 10.6. The maximum Gasteiger partial charge on any atom is 0.409 e. The van der Waals surface area contributed by atoms with E-state index >= 15 is 0 Å². The molecule has 5 nitrogen and oxygen atoms in total. The number of rotatable bonds is 7. The molecule has 0 atom stereocenters. The molecule has 1 fully saturated rings. The zero-order chi connectivity index (χ0) is 22.4. The van der Waals surface area contributed by atoms with Gasteiger partial charge in [-0.1, -0.05) is 24.3 Å². The number of halogens is 2. The van der Waals surface area contributed by atoms with Crippen LogP contribution in [-0.2, 0) is 10.3 Å². The summed E-state index contributed by atoms with van der Waals surface area (Å²) in [6, 6.07) is 11.8. The summed E-state index contributed by atoms with van der Waals surface area (Å²) in [5, 5.41) is 11.8. The van der Waals surface area contributed by atoms with Crippen molar-refractivity contribution in [3.63, 3.8) is 0 Å². The quantitative estimate of drug-likeness (QED) is 0.672. The predicted molar refractivity (Wildman–Crippen MR) is 115 cm³/mol. The number of nitrogens with zero attached hydrogens (tertiary/aromatic N) is 2. The van der Waals surface area contributed by atoms with Gasteiger partial charge in [-0.25, -0.2) is 13.6 Å². The second kappa shape index (κ2) is 10.2. The number of piperidine rings is 1. The molecule has 1 aliphatic heterocycles. The summed E-state index contributed by atoms with van der Waals surface area (Å²) in [5.41, 5.74) is -0.113. The molecule has 31 heavy (non-hydrogen) atoms. The average molecular weight is 433 g/mol. The highest BCUT2D eigenvalue weighted by Crippen LogP contribution is 2.42. The first-order valence-electron chi connectivity index (χ1n) is 10.6. The van der Waals surface area contributed by atoms with Gasteiger partial charge >= 0.3 is 6.09 Å². The van der Waals surface area contributed by atoms with E-state index in [-0.39, 0.29) is 23.6 Å². The van der Waals surface area contributed by atoms with Crippen LogP contribution in [0.1, 0.15) is 30.4 Å². The molecule has 1 heterocycles. The van der Waals surface area contributed by atoms with Gasteiger partial charge in [-0.3, -0.25) is 0 Å². The van der Waals surface area contributed by atoms with Gasteiger partial charge < -0.3 is 19.6 Å². The number of amides is 1. The zero-order valence-electron chi connectivity index (χ0n) is 18.1. The standard InChI is InChI=1S/C24H30F2N2O3/c1-27(2)23(29)31-17-3-14-28-15-12-20(13-16-28)24(30,18-4-8-21(25)9-5-18)19-6-10-22(26)11-7-19/h4-11,20,30H,3,12-17H2,1-2H3. The fourth-order valence-electron chi connectivity index (χ4n) is 4.20. The van der Waals surface area contributed by atoms with Crippen LogP contribution in [0, 0.1) is 17.6 Å². The topological polar surface area (TPSA) is 53.0 Å². The van der Waals surface area contributed by atoms with E-state index in [9.17, 15) is 18.7 Å². The van der Waals surface area contributed by atoms with E-state index in [4.69, 9.17) is 4.74 Å². The van der Waals surface area contributed by atoms with Crippen molar-refractivity contribution in [1.82, 2.24) is 9.80 Å². The van der Waals surface area contributed by atoms with Gasteiger partial charge in [0, 0.05) is 20.6 Å². The molecule has 0 radical (unpaired) electrons. The molecule has 0 saturated carbocycles. The van der Waals surface area contributed by atoms with Gasteiger partial charge in [0.2, 0.25) is 0 Å². The number of aliphatic hydroxyl groups is 1. The van der Waals surface area contributed by atoms with Gasteiger partial charge in [-0.05, 0) is 73.7 Å². The second-order valence-corrected chi connectivity index (χ2v) is 8.26. The van der Waals surface area contributed by atoms with E-state index in [2.05, 4.69) is 4.90 Å². The smallest absolute Gasteiger partial charge is 0.409 e. The Hall–Kier alpha value is -2.51. The number of hydrogen-bond donors (Lipinski definition) is 1. The van der Waals surface area contributed by atoms with Crippen LogP contribution in [0.3, 0.4) is 0 Å². The van der Waals surface area contributed by atoms with Crippen molar-refractivity contribution in [2.75, 3.05) is 40.3 Å². The summed E-state index contributed by atoms with van der Waals surface area (Å²) in [5.74, 6) is -0.823. The van der Waals surface area contributed by atoms with Gasteiger partial charge in [-0.2, -0.15) is 0 Å². The van der Waals surface area contributed by atoms with Crippen LogP contribution >= 0.6 is 0 Å². The lowest BCUT2D eigenvalue weighted by Crippen LogP contribution is -2.44. The van der Waals surface area contributed by atoms with E-state index in [0.717, 1.165) is 38.9 Å². The Morgan fingerprint density at radius 3 is 1.97 bits per heavy atom. The Labute approximate surface area is 182 Å². The monoisotopic (exact) mass is 432 g/mol. The lowest BCUT2D eigenvalue weighted by molar-refractivity contribution is -0.0149. The molecule has 1 N–H and O–H groups in total. The highest BCUT2D eigenvalue weighted by molar-refractivity contribution is 5.66. The molecule has 0 unspecified atom stereocenters. The first-order chi connectivity index (χ1) is 14.8. The summed E-state index contributed by atoms with van der Waals surface area (Å²) in [6.07, 6.45) is 1.87. The molecule has 3 rings (SSSR count). The van der Waals surface area contributed by atoms with Gasteiger partial charge in [0.05, 0.1) is 6.61 Å². The van der Waals surface area contributed by atoms with E-state index in [1.165, 1.54) is 29.2 Å². The van der Waals surface area contributed by atoms with E-state index in [1.807, 2.05) is 0 Å². The van der Waals surface area contributed by atoms with Crippen LogP contribution < -0.4 is 0 Å². The van der Waals surface area contributed by atoms with Crippen molar-refractivity contribution in [2.24, 2.45) is 5.92 Å². The average Bonchev–Trinajstić information content (AvgIpc) is 2.77. The maximum absolute atomic E-state index is 13.5. The summed E-state index contributed by atoms with van der Waals surface area (Å²) < 4.78 is 32.2. The number of benzene rings is 2. The minimum atomic E-state index is -1.32. The summed E-state index contributed by atoms with van der Waals surface area (Å²) in [7, 11) is 3.30. The molecular weight excluding hydrogens is 402 g/mol. The Bertz CT molecular complexity index is 803. The fourth-order valence-corrected chi connectivity index (χ4v) is 4.20.